The van der Waals surface area contributed by atoms with Crippen LogP contribution >= 0.6 is 0 Å². The van der Waals surface area contributed by atoms with Crippen molar-refractivity contribution >= 4 is 11.8 Å². The molecule has 6 nitrogen and oxygen atoms in total. The molecule has 2 amide bonds. The average Bonchev–Trinajstić information content (AvgIpc) is 3.36. The van der Waals surface area contributed by atoms with Crippen molar-refractivity contribution in [2.45, 2.75) is 44.9 Å². The van der Waals surface area contributed by atoms with Crippen molar-refractivity contribution in [1.29, 1.82) is 0 Å². The predicted octanol–water partition coefficient (Wildman–Crippen LogP) is 2.05. The van der Waals surface area contributed by atoms with Crippen LogP contribution in [0.2, 0.25) is 0 Å². The van der Waals surface area contributed by atoms with Crippen LogP contribution in [0.1, 0.15) is 55.4 Å². The van der Waals surface area contributed by atoms with Crippen LogP contribution in [0.5, 0.6) is 0 Å². The summed E-state index contributed by atoms with van der Waals surface area (Å²) < 4.78 is 0. The number of carbonyl (C=O) groups is 2. The maximum Gasteiger partial charge on any atom is 0.271 e. The molecule has 1 saturated carbocycles. The standard InChI is InChI=1S/C18H26N4O2/c23-16(21-9-1-2-10-21)14-3-5-18(13-14)6-11-22(12-7-18)17(24)15-4-8-19-20-15/h4,8,14H,1-3,5-7,9-13H2,(H,19,20). The molecular weight excluding hydrogens is 304 g/mol. The Morgan fingerprint density at radius 1 is 1.08 bits per heavy atom. The molecule has 1 unspecified atom stereocenters. The normalized spacial score (nSPS) is 26.2. The maximum absolute atomic E-state index is 12.7. The van der Waals surface area contributed by atoms with E-state index in [9.17, 15) is 9.59 Å². The van der Waals surface area contributed by atoms with Gasteiger partial charge in [-0.3, -0.25) is 14.7 Å². The number of nitrogens with one attached hydrogen (secondary N) is 1. The van der Waals surface area contributed by atoms with Gasteiger partial charge >= 0.3 is 0 Å². The number of rotatable bonds is 2. The third-order valence-corrected chi connectivity index (χ3v) is 6.31. The Hall–Kier alpha value is -1.85. The van der Waals surface area contributed by atoms with Crippen LogP contribution in [0.3, 0.4) is 0 Å². The summed E-state index contributed by atoms with van der Waals surface area (Å²) in [5.41, 5.74) is 0.852. The second kappa shape index (κ2) is 6.22. The van der Waals surface area contributed by atoms with Crippen molar-refractivity contribution in [1.82, 2.24) is 20.0 Å². The van der Waals surface area contributed by atoms with E-state index in [4.69, 9.17) is 0 Å². The van der Waals surface area contributed by atoms with Gasteiger partial charge in [0, 0.05) is 38.3 Å². The molecule has 6 heteroatoms. The van der Waals surface area contributed by atoms with Crippen LogP contribution < -0.4 is 0 Å². The monoisotopic (exact) mass is 330 g/mol. The Bertz CT molecular complexity index is 599. The molecule has 0 aromatic carbocycles. The van der Waals surface area contributed by atoms with E-state index in [2.05, 4.69) is 15.1 Å². The SMILES string of the molecule is O=C(c1ccn[nH]1)N1CCC2(CCC(C(=O)N3CCCC3)C2)CC1. The van der Waals surface area contributed by atoms with E-state index in [1.807, 2.05) is 4.90 Å². The quantitative estimate of drug-likeness (QED) is 0.902. The topological polar surface area (TPSA) is 69.3 Å². The fraction of sp³-hybridized carbons (Fsp3) is 0.722. The van der Waals surface area contributed by atoms with Gasteiger partial charge in [-0.2, -0.15) is 5.10 Å². The zero-order valence-electron chi connectivity index (χ0n) is 14.2. The molecule has 1 N–H and O–H groups in total. The number of carbonyl (C=O) groups excluding carboxylic acids is 2. The average molecular weight is 330 g/mol. The highest BCUT2D eigenvalue weighted by molar-refractivity contribution is 5.92. The highest BCUT2D eigenvalue weighted by Gasteiger charge is 2.45. The van der Waals surface area contributed by atoms with Gasteiger partial charge in [0.2, 0.25) is 5.91 Å². The maximum atomic E-state index is 12.7. The Balaban J connectivity index is 1.34. The summed E-state index contributed by atoms with van der Waals surface area (Å²) in [6, 6.07) is 1.73. The summed E-state index contributed by atoms with van der Waals surface area (Å²) in [4.78, 5) is 29.1. The highest BCUT2D eigenvalue weighted by Crippen LogP contribution is 2.49. The van der Waals surface area contributed by atoms with E-state index < -0.39 is 0 Å². The number of aromatic nitrogens is 2. The number of hydrogen-bond acceptors (Lipinski definition) is 3. The Morgan fingerprint density at radius 2 is 1.83 bits per heavy atom. The van der Waals surface area contributed by atoms with Gasteiger partial charge < -0.3 is 9.80 Å². The number of aromatic amines is 1. The largest absolute Gasteiger partial charge is 0.342 e. The van der Waals surface area contributed by atoms with E-state index in [0.717, 1.165) is 71.1 Å². The number of nitrogens with zero attached hydrogens (tertiary/aromatic N) is 3. The molecule has 1 aliphatic carbocycles. The lowest BCUT2D eigenvalue weighted by molar-refractivity contribution is -0.134. The molecule has 2 aliphatic heterocycles. The van der Waals surface area contributed by atoms with Gasteiger partial charge in [-0.1, -0.05) is 0 Å². The van der Waals surface area contributed by atoms with Crippen molar-refractivity contribution in [3.63, 3.8) is 0 Å². The third-order valence-electron chi connectivity index (χ3n) is 6.31. The van der Waals surface area contributed by atoms with Gasteiger partial charge in [-0.15, -0.1) is 0 Å². The summed E-state index contributed by atoms with van der Waals surface area (Å²) >= 11 is 0. The first-order valence-electron chi connectivity index (χ1n) is 9.24. The fourth-order valence-electron chi connectivity index (χ4n) is 4.80. The number of piperidine rings is 1. The Kier molecular flexibility index (Phi) is 4.06. The van der Waals surface area contributed by atoms with Crippen LogP contribution in [-0.4, -0.2) is 58.0 Å². The lowest BCUT2D eigenvalue weighted by Crippen LogP contribution is -2.43. The van der Waals surface area contributed by atoms with E-state index in [0.29, 0.717) is 11.6 Å². The molecule has 1 aromatic rings. The molecule has 0 radical (unpaired) electrons. The van der Waals surface area contributed by atoms with E-state index in [1.165, 1.54) is 0 Å². The zero-order chi connectivity index (χ0) is 16.6. The summed E-state index contributed by atoms with van der Waals surface area (Å²) in [6.45, 7) is 3.49. The molecule has 4 rings (SSSR count). The molecule has 24 heavy (non-hydrogen) atoms. The molecule has 0 bridgehead atoms. The van der Waals surface area contributed by atoms with E-state index >= 15 is 0 Å². The van der Waals surface area contributed by atoms with Gasteiger partial charge in [0.05, 0.1) is 0 Å². The molecular formula is C18H26N4O2. The highest BCUT2D eigenvalue weighted by atomic mass is 16.2. The van der Waals surface area contributed by atoms with Gasteiger partial charge in [0.25, 0.3) is 5.91 Å². The molecule has 3 fully saturated rings. The fourth-order valence-corrected chi connectivity index (χ4v) is 4.80. The lowest BCUT2D eigenvalue weighted by Gasteiger charge is -2.39. The molecule has 1 spiro atoms. The molecule has 130 valence electrons. The summed E-state index contributed by atoms with van der Waals surface area (Å²) in [6.07, 6.45) is 9.18. The minimum absolute atomic E-state index is 0.0463. The van der Waals surface area contributed by atoms with Crippen LogP contribution in [0.15, 0.2) is 12.3 Å². The van der Waals surface area contributed by atoms with Gasteiger partial charge in [-0.25, -0.2) is 0 Å². The second-order valence-electron chi connectivity index (χ2n) is 7.73. The van der Waals surface area contributed by atoms with Gasteiger partial charge in [0.15, 0.2) is 0 Å². The third kappa shape index (κ3) is 2.82. The first-order chi connectivity index (χ1) is 11.7. The minimum atomic E-state index is 0.0463. The Morgan fingerprint density at radius 3 is 2.50 bits per heavy atom. The van der Waals surface area contributed by atoms with E-state index in [1.54, 1.807) is 12.3 Å². The van der Waals surface area contributed by atoms with Crippen molar-refractivity contribution < 1.29 is 9.59 Å². The van der Waals surface area contributed by atoms with Gasteiger partial charge in [-0.05, 0) is 56.4 Å². The number of likely N-dealkylation sites (tertiary alicyclic amines) is 2. The van der Waals surface area contributed by atoms with Gasteiger partial charge in [0.1, 0.15) is 5.69 Å². The minimum Gasteiger partial charge on any atom is -0.342 e. The van der Waals surface area contributed by atoms with Crippen molar-refractivity contribution in [2.24, 2.45) is 11.3 Å². The van der Waals surface area contributed by atoms with Crippen molar-refractivity contribution in [3.05, 3.63) is 18.0 Å². The lowest BCUT2D eigenvalue weighted by atomic mass is 9.76. The second-order valence-corrected chi connectivity index (χ2v) is 7.73. The molecule has 2 saturated heterocycles. The van der Waals surface area contributed by atoms with Crippen molar-refractivity contribution in [2.75, 3.05) is 26.2 Å². The van der Waals surface area contributed by atoms with Crippen LogP contribution in [0, 0.1) is 11.3 Å². The van der Waals surface area contributed by atoms with Crippen LogP contribution in [0.4, 0.5) is 0 Å². The first-order valence-corrected chi connectivity index (χ1v) is 9.24. The first kappa shape index (κ1) is 15.7. The number of H-pyrrole nitrogens is 1. The molecule has 1 atom stereocenters. The summed E-state index contributed by atoms with van der Waals surface area (Å²) in [7, 11) is 0. The number of hydrogen-bond donors (Lipinski definition) is 1. The zero-order valence-corrected chi connectivity index (χ0v) is 14.2. The molecule has 3 heterocycles. The smallest absolute Gasteiger partial charge is 0.271 e. The van der Waals surface area contributed by atoms with Crippen LogP contribution in [0.25, 0.3) is 0 Å². The molecule has 1 aromatic heterocycles. The predicted molar refractivity (Wildman–Crippen MR) is 89.3 cm³/mol. The van der Waals surface area contributed by atoms with Crippen LogP contribution in [-0.2, 0) is 4.79 Å². The molecule has 3 aliphatic rings. The van der Waals surface area contributed by atoms with E-state index in [-0.39, 0.29) is 17.2 Å². The Labute approximate surface area is 142 Å². The number of amides is 2. The summed E-state index contributed by atoms with van der Waals surface area (Å²) in [5.74, 6) is 0.656. The summed E-state index contributed by atoms with van der Waals surface area (Å²) in [5, 5.41) is 6.62. The van der Waals surface area contributed by atoms with Crippen molar-refractivity contribution in [3.8, 4) is 0 Å².